The van der Waals surface area contributed by atoms with Gasteiger partial charge in [-0.25, -0.2) is 4.79 Å². The Morgan fingerprint density at radius 2 is 2.41 bits per heavy atom. The zero-order valence-corrected chi connectivity index (χ0v) is 9.30. The fourth-order valence-corrected chi connectivity index (χ4v) is 1.83. The average molecular weight is 236 g/mol. The van der Waals surface area contributed by atoms with Gasteiger partial charge in [0.25, 0.3) is 5.69 Å². The van der Waals surface area contributed by atoms with Crippen LogP contribution in [0.15, 0.2) is 18.2 Å². The lowest BCUT2D eigenvalue weighted by Gasteiger charge is -2.09. The van der Waals surface area contributed by atoms with E-state index < -0.39 is 11.0 Å². The van der Waals surface area contributed by atoms with E-state index in [1.54, 1.807) is 13.0 Å². The van der Waals surface area contributed by atoms with Gasteiger partial charge in [0.15, 0.2) is 0 Å². The SMILES string of the molecule is CCOC(=O)C1Cc2ccc([N+](=O)[O-])cc2N1. The number of ether oxygens (including phenoxy) is 1. The third-order valence-corrected chi connectivity index (χ3v) is 2.63. The highest BCUT2D eigenvalue weighted by molar-refractivity contribution is 5.83. The quantitative estimate of drug-likeness (QED) is 0.488. The third kappa shape index (κ3) is 2.20. The minimum Gasteiger partial charge on any atom is -0.464 e. The average Bonchev–Trinajstić information content (AvgIpc) is 2.71. The number of nitrogens with zero attached hydrogens (tertiary/aromatic N) is 1. The smallest absolute Gasteiger partial charge is 0.328 e. The summed E-state index contributed by atoms with van der Waals surface area (Å²) in [6.45, 7) is 2.07. The lowest BCUT2D eigenvalue weighted by Crippen LogP contribution is -2.28. The second-order valence-electron chi connectivity index (χ2n) is 3.75. The topological polar surface area (TPSA) is 81.5 Å². The number of carbonyl (C=O) groups excluding carboxylic acids is 1. The molecule has 0 aliphatic carbocycles. The second kappa shape index (κ2) is 4.40. The van der Waals surface area contributed by atoms with Crippen LogP contribution in [0.1, 0.15) is 12.5 Å². The van der Waals surface area contributed by atoms with Crippen molar-refractivity contribution in [2.24, 2.45) is 0 Å². The number of nitro benzene ring substituents is 1. The molecule has 0 radical (unpaired) electrons. The Kier molecular flexibility index (Phi) is 2.95. The van der Waals surface area contributed by atoms with Crippen LogP contribution in [0.5, 0.6) is 0 Å². The number of nitrogens with one attached hydrogen (secondary N) is 1. The molecule has 1 aromatic carbocycles. The van der Waals surface area contributed by atoms with Crippen LogP contribution in [0.25, 0.3) is 0 Å². The first-order valence-electron chi connectivity index (χ1n) is 5.32. The summed E-state index contributed by atoms with van der Waals surface area (Å²) in [6, 6.07) is 4.11. The molecule has 17 heavy (non-hydrogen) atoms. The van der Waals surface area contributed by atoms with Gasteiger partial charge in [-0.2, -0.15) is 0 Å². The van der Waals surface area contributed by atoms with Crippen molar-refractivity contribution in [1.29, 1.82) is 0 Å². The van der Waals surface area contributed by atoms with E-state index in [0.29, 0.717) is 18.7 Å². The van der Waals surface area contributed by atoms with E-state index in [0.717, 1.165) is 5.56 Å². The molecule has 0 amide bonds. The van der Waals surface area contributed by atoms with Crippen LogP contribution in [0.2, 0.25) is 0 Å². The molecule has 0 bridgehead atoms. The first-order valence-corrected chi connectivity index (χ1v) is 5.32. The molecule has 6 nitrogen and oxygen atoms in total. The van der Waals surface area contributed by atoms with Gasteiger partial charge >= 0.3 is 5.97 Å². The van der Waals surface area contributed by atoms with Gasteiger partial charge in [-0.05, 0) is 12.5 Å². The van der Waals surface area contributed by atoms with Gasteiger partial charge in [0, 0.05) is 24.2 Å². The highest BCUT2D eigenvalue weighted by atomic mass is 16.6. The Morgan fingerprint density at radius 1 is 1.65 bits per heavy atom. The molecule has 1 aliphatic rings. The van der Waals surface area contributed by atoms with E-state index in [9.17, 15) is 14.9 Å². The molecular formula is C11H12N2O4. The Morgan fingerprint density at radius 3 is 3.06 bits per heavy atom. The van der Waals surface area contributed by atoms with Crippen molar-refractivity contribution in [2.75, 3.05) is 11.9 Å². The number of hydrogen-bond acceptors (Lipinski definition) is 5. The Bertz CT molecular complexity index is 473. The van der Waals surface area contributed by atoms with E-state index >= 15 is 0 Å². The molecule has 90 valence electrons. The fourth-order valence-electron chi connectivity index (χ4n) is 1.83. The number of esters is 1. The summed E-state index contributed by atoms with van der Waals surface area (Å²) >= 11 is 0. The molecule has 0 spiro atoms. The summed E-state index contributed by atoms with van der Waals surface area (Å²) in [5.74, 6) is -0.327. The fraction of sp³-hybridized carbons (Fsp3) is 0.364. The van der Waals surface area contributed by atoms with Crippen LogP contribution in [0.3, 0.4) is 0 Å². The minimum absolute atomic E-state index is 0.0146. The predicted octanol–water partition coefficient (Wildman–Crippen LogP) is 1.49. The van der Waals surface area contributed by atoms with E-state index in [2.05, 4.69) is 5.32 Å². The predicted molar refractivity (Wildman–Crippen MR) is 60.8 cm³/mol. The van der Waals surface area contributed by atoms with E-state index in [4.69, 9.17) is 4.74 Å². The van der Waals surface area contributed by atoms with Crippen molar-refractivity contribution in [3.63, 3.8) is 0 Å². The molecule has 6 heteroatoms. The zero-order valence-electron chi connectivity index (χ0n) is 9.30. The molecule has 0 fully saturated rings. The number of carbonyl (C=O) groups is 1. The van der Waals surface area contributed by atoms with Crippen molar-refractivity contribution in [2.45, 2.75) is 19.4 Å². The highest BCUT2D eigenvalue weighted by Crippen LogP contribution is 2.29. The van der Waals surface area contributed by atoms with Crippen molar-refractivity contribution in [1.82, 2.24) is 0 Å². The molecule has 1 aromatic rings. The van der Waals surface area contributed by atoms with Gasteiger partial charge in [-0.1, -0.05) is 6.07 Å². The molecule has 1 heterocycles. The lowest BCUT2D eigenvalue weighted by atomic mass is 10.1. The zero-order chi connectivity index (χ0) is 12.4. The van der Waals surface area contributed by atoms with Gasteiger partial charge in [0.2, 0.25) is 0 Å². The minimum atomic E-state index is -0.459. The first-order chi connectivity index (χ1) is 8.11. The second-order valence-corrected chi connectivity index (χ2v) is 3.75. The molecule has 0 saturated carbocycles. The number of fused-ring (bicyclic) bond motifs is 1. The van der Waals surface area contributed by atoms with Gasteiger partial charge in [0.1, 0.15) is 6.04 Å². The molecule has 1 atom stereocenters. The molecule has 0 saturated heterocycles. The number of benzene rings is 1. The number of non-ortho nitro benzene ring substituents is 1. The Hall–Kier alpha value is -2.11. The van der Waals surface area contributed by atoms with E-state index in [-0.39, 0.29) is 11.7 Å². The Balaban J connectivity index is 2.16. The lowest BCUT2D eigenvalue weighted by molar-refractivity contribution is -0.384. The van der Waals surface area contributed by atoms with Crippen LogP contribution in [-0.2, 0) is 16.0 Å². The monoisotopic (exact) mass is 236 g/mol. The number of nitro groups is 1. The summed E-state index contributed by atoms with van der Waals surface area (Å²) in [5, 5.41) is 13.5. The number of rotatable bonds is 3. The van der Waals surface area contributed by atoms with Gasteiger partial charge in [0.05, 0.1) is 11.5 Å². The normalized spacial score (nSPS) is 17.1. The molecule has 1 N–H and O–H groups in total. The number of hydrogen-bond donors (Lipinski definition) is 1. The van der Waals surface area contributed by atoms with E-state index in [1.165, 1.54) is 12.1 Å². The van der Waals surface area contributed by atoms with Crippen LogP contribution in [0, 0.1) is 10.1 Å². The molecule has 0 aromatic heterocycles. The third-order valence-electron chi connectivity index (χ3n) is 2.63. The maximum Gasteiger partial charge on any atom is 0.328 e. The Labute approximate surface area is 97.7 Å². The van der Waals surface area contributed by atoms with Crippen molar-refractivity contribution in [3.8, 4) is 0 Å². The first kappa shape index (κ1) is 11.4. The van der Waals surface area contributed by atoms with Crippen molar-refractivity contribution >= 4 is 17.3 Å². The maximum atomic E-state index is 11.5. The van der Waals surface area contributed by atoms with Crippen LogP contribution in [0.4, 0.5) is 11.4 Å². The van der Waals surface area contributed by atoms with Crippen LogP contribution < -0.4 is 5.32 Å². The summed E-state index contributed by atoms with van der Waals surface area (Å²) in [5.41, 5.74) is 1.55. The molecule has 1 aliphatic heterocycles. The van der Waals surface area contributed by atoms with Gasteiger partial charge in [-0.3, -0.25) is 10.1 Å². The summed E-state index contributed by atoms with van der Waals surface area (Å²) < 4.78 is 4.90. The summed E-state index contributed by atoms with van der Waals surface area (Å²) in [7, 11) is 0. The van der Waals surface area contributed by atoms with Crippen LogP contribution in [-0.4, -0.2) is 23.5 Å². The van der Waals surface area contributed by atoms with E-state index in [1.807, 2.05) is 0 Å². The largest absolute Gasteiger partial charge is 0.464 e. The van der Waals surface area contributed by atoms with Crippen molar-refractivity contribution < 1.29 is 14.5 Å². The summed E-state index contributed by atoms with van der Waals surface area (Å²) in [6.07, 6.45) is 0.506. The number of anilines is 1. The molecule has 2 rings (SSSR count). The maximum absolute atomic E-state index is 11.5. The van der Waals surface area contributed by atoms with Gasteiger partial charge in [-0.15, -0.1) is 0 Å². The van der Waals surface area contributed by atoms with Crippen molar-refractivity contribution in [3.05, 3.63) is 33.9 Å². The molecule has 1 unspecified atom stereocenters. The summed E-state index contributed by atoms with van der Waals surface area (Å²) in [4.78, 5) is 21.7. The van der Waals surface area contributed by atoms with Crippen LogP contribution >= 0.6 is 0 Å². The highest BCUT2D eigenvalue weighted by Gasteiger charge is 2.28. The standard InChI is InChI=1S/C11H12N2O4/c1-2-17-11(14)10-5-7-3-4-8(13(15)16)6-9(7)12-10/h3-4,6,10,12H,2,5H2,1H3. The molecular weight excluding hydrogens is 224 g/mol. The van der Waals surface area contributed by atoms with Gasteiger partial charge < -0.3 is 10.1 Å².